The maximum Gasteiger partial charge on any atom is 0.189 e. The Morgan fingerprint density at radius 2 is 1.90 bits per heavy atom. The van der Waals surface area contributed by atoms with Crippen molar-refractivity contribution in [3.63, 3.8) is 0 Å². The highest BCUT2D eigenvalue weighted by atomic mass is 16.5. The van der Waals surface area contributed by atoms with E-state index in [-0.39, 0.29) is 34.3 Å². The van der Waals surface area contributed by atoms with Gasteiger partial charge in [-0.3, -0.25) is 4.79 Å². The average molecular weight is 286 g/mol. The summed E-state index contributed by atoms with van der Waals surface area (Å²) in [6.07, 6.45) is 2.65. The lowest BCUT2D eigenvalue weighted by atomic mass is 10.1. The van der Waals surface area contributed by atoms with Crippen LogP contribution in [0.2, 0.25) is 0 Å². The molecule has 0 fully saturated rings. The van der Waals surface area contributed by atoms with E-state index >= 15 is 0 Å². The van der Waals surface area contributed by atoms with Crippen molar-refractivity contribution in [1.82, 2.24) is 0 Å². The van der Waals surface area contributed by atoms with E-state index in [0.29, 0.717) is 5.56 Å². The van der Waals surface area contributed by atoms with Gasteiger partial charge in [0.2, 0.25) is 0 Å². The van der Waals surface area contributed by atoms with Crippen LogP contribution in [-0.4, -0.2) is 28.2 Å². The maximum atomic E-state index is 12.1. The number of hydrogen-bond donors (Lipinski definition) is 3. The Bertz CT molecular complexity index is 704. The van der Waals surface area contributed by atoms with Crippen LogP contribution in [0, 0.1) is 0 Å². The zero-order valence-electron chi connectivity index (χ0n) is 11.3. The Labute approximate surface area is 121 Å². The molecular formula is C16H14O5. The minimum Gasteiger partial charge on any atom is -0.508 e. The number of phenolic OH excluding ortho intramolecular Hbond substituents is 3. The smallest absolute Gasteiger partial charge is 0.189 e. The molecular weight excluding hydrogens is 272 g/mol. The number of phenols is 3. The molecule has 0 atom stereocenters. The molecule has 0 heterocycles. The van der Waals surface area contributed by atoms with E-state index in [4.69, 9.17) is 4.74 Å². The van der Waals surface area contributed by atoms with Crippen LogP contribution in [0.4, 0.5) is 0 Å². The quantitative estimate of drug-likeness (QED) is 0.457. The highest BCUT2D eigenvalue weighted by Gasteiger charge is 2.11. The highest BCUT2D eigenvalue weighted by Crippen LogP contribution is 2.29. The first kappa shape index (κ1) is 14.5. The molecule has 5 nitrogen and oxygen atoms in total. The Balaban J connectivity index is 2.29. The van der Waals surface area contributed by atoms with Crippen LogP contribution < -0.4 is 4.74 Å². The molecule has 0 saturated carbocycles. The van der Waals surface area contributed by atoms with Crippen molar-refractivity contribution >= 4 is 11.9 Å². The number of aromatic hydroxyl groups is 3. The number of para-hydroxylation sites is 1. The number of benzene rings is 2. The SMILES string of the molecule is COc1cc(O)ccc1C(=O)C=Cc1cccc(O)c1O. The summed E-state index contributed by atoms with van der Waals surface area (Å²) in [5.74, 6) is -0.650. The second-order valence-electron chi connectivity index (χ2n) is 4.30. The average Bonchev–Trinajstić information content (AvgIpc) is 2.48. The lowest BCUT2D eigenvalue weighted by Crippen LogP contribution is -1.98. The number of ether oxygens (including phenoxy) is 1. The molecule has 0 spiro atoms. The van der Waals surface area contributed by atoms with Crippen LogP contribution in [0.3, 0.4) is 0 Å². The van der Waals surface area contributed by atoms with Crippen molar-refractivity contribution in [2.75, 3.05) is 7.11 Å². The van der Waals surface area contributed by atoms with Crippen LogP contribution >= 0.6 is 0 Å². The Morgan fingerprint density at radius 1 is 1.14 bits per heavy atom. The van der Waals surface area contributed by atoms with Gasteiger partial charge in [-0.25, -0.2) is 0 Å². The monoisotopic (exact) mass is 286 g/mol. The molecule has 0 saturated heterocycles. The summed E-state index contributed by atoms with van der Waals surface area (Å²) in [5, 5.41) is 28.4. The van der Waals surface area contributed by atoms with Gasteiger partial charge in [0.1, 0.15) is 11.5 Å². The molecule has 0 aliphatic heterocycles. The number of rotatable bonds is 4. The summed E-state index contributed by atoms with van der Waals surface area (Å²) in [6, 6.07) is 8.64. The van der Waals surface area contributed by atoms with Crippen LogP contribution in [0.25, 0.3) is 6.08 Å². The topological polar surface area (TPSA) is 87.0 Å². The fourth-order valence-electron chi connectivity index (χ4n) is 1.82. The first-order valence-corrected chi connectivity index (χ1v) is 6.13. The molecule has 2 aromatic carbocycles. The van der Waals surface area contributed by atoms with Crippen molar-refractivity contribution < 1.29 is 24.9 Å². The van der Waals surface area contributed by atoms with E-state index in [1.54, 1.807) is 12.1 Å². The van der Waals surface area contributed by atoms with E-state index in [0.717, 1.165) is 0 Å². The number of allylic oxidation sites excluding steroid dienone is 1. The third-order valence-corrected chi connectivity index (χ3v) is 2.91. The number of hydrogen-bond acceptors (Lipinski definition) is 5. The molecule has 0 aromatic heterocycles. The Morgan fingerprint density at radius 3 is 2.62 bits per heavy atom. The molecule has 2 aromatic rings. The predicted octanol–water partition coefficient (Wildman–Crippen LogP) is 2.71. The van der Waals surface area contributed by atoms with E-state index in [1.807, 2.05) is 0 Å². The van der Waals surface area contributed by atoms with Crippen molar-refractivity contribution in [3.8, 4) is 23.0 Å². The van der Waals surface area contributed by atoms with Crippen molar-refractivity contribution in [2.45, 2.75) is 0 Å². The van der Waals surface area contributed by atoms with Gasteiger partial charge in [0.05, 0.1) is 12.7 Å². The number of carbonyl (C=O) groups is 1. The first-order chi connectivity index (χ1) is 10.0. The fourth-order valence-corrected chi connectivity index (χ4v) is 1.82. The van der Waals surface area contributed by atoms with Gasteiger partial charge in [0, 0.05) is 11.6 Å². The van der Waals surface area contributed by atoms with Gasteiger partial charge >= 0.3 is 0 Å². The first-order valence-electron chi connectivity index (χ1n) is 6.13. The standard InChI is InChI=1S/C16H14O5/c1-21-15-9-11(17)6-7-12(15)13(18)8-5-10-3-2-4-14(19)16(10)20/h2-9,17,19-20H,1H3. The van der Waals surface area contributed by atoms with E-state index in [2.05, 4.69) is 0 Å². The Kier molecular flexibility index (Phi) is 4.13. The van der Waals surface area contributed by atoms with Crippen molar-refractivity contribution in [2.24, 2.45) is 0 Å². The Hall–Kier alpha value is -2.95. The molecule has 108 valence electrons. The predicted molar refractivity (Wildman–Crippen MR) is 77.8 cm³/mol. The summed E-state index contributed by atoms with van der Waals surface area (Å²) in [5.41, 5.74) is 0.604. The summed E-state index contributed by atoms with van der Waals surface area (Å²) in [4.78, 5) is 12.1. The highest BCUT2D eigenvalue weighted by molar-refractivity contribution is 6.08. The zero-order chi connectivity index (χ0) is 15.4. The fraction of sp³-hybridized carbons (Fsp3) is 0.0625. The molecule has 0 radical (unpaired) electrons. The number of ketones is 1. The third-order valence-electron chi connectivity index (χ3n) is 2.91. The molecule has 0 aliphatic carbocycles. The van der Waals surface area contributed by atoms with Crippen LogP contribution in [0.15, 0.2) is 42.5 Å². The van der Waals surface area contributed by atoms with Crippen LogP contribution in [-0.2, 0) is 0 Å². The largest absolute Gasteiger partial charge is 0.508 e. The summed E-state index contributed by atoms with van der Waals surface area (Å²) in [6.45, 7) is 0. The van der Waals surface area contributed by atoms with Gasteiger partial charge in [-0.1, -0.05) is 12.1 Å². The second-order valence-corrected chi connectivity index (χ2v) is 4.30. The summed E-state index contributed by atoms with van der Waals surface area (Å²) in [7, 11) is 1.40. The number of methoxy groups -OCH3 is 1. The lowest BCUT2D eigenvalue weighted by molar-refractivity contribution is 0.104. The van der Waals surface area contributed by atoms with E-state index in [9.17, 15) is 20.1 Å². The molecule has 21 heavy (non-hydrogen) atoms. The van der Waals surface area contributed by atoms with Gasteiger partial charge in [-0.15, -0.1) is 0 Å². The van der Waals surface area contributed by atoms with Crippen LogP contribution in [0.1, 0.15) is 15.9 Å². The molecule has 0 aliphatic rings. The second kappa shape index (κ2) is 6.00. The zero-order valence-corrected chi connectivity index (χ0v) is 11.3. The minimum absolute atomic E-state index is 0.00185. The third kappa shape index (κ3) is 3.14. The minimum atomic E-state index is -0.352. The summed E-state index contributed by atoms with van der Waals surface area (Å²) >= 11 is 0. The molecule has 5 heteroatoms. The van der Waals surface area contributed by atoms with E-state index < -0.39 is 0 Å². The van der Waals surface area contributed by atoms with Gasteiger partial charge in [0.15, 0.2) is 17.3 Å². The van der Waals surface area contributed by atoms with Gasteiger partial charge in [0.25, 0.3) is 0 Å². The normalized spacial score (nSPS) is 10.7. The summed E-state index contributed by atoms with van der Waals surface area (Å²) < 4.78 is 5.04. The van der Waals surface area contributed by atoms with Gasteiger partial charge < -0.3 is 20.1 Å². The molecule has 3 N–H and O–H groups in total. The number of carbonyl (C=O) groups excluding carboxylic acids is 1. The van der Waals surface area contributed by atoms with E-state index in [1.165, 1.54) is 43.5 Å². The molecule has 2 rings (SSSR count). The maximum absolute atomic E-state index is 12.1. The van der Waals surface area contributed by atoms with Crippen LogP contribution in [0.5, 0.6) is 23.0 Å². The van der Waals surface area contributed by atoms with Gasteiger partial charge in [-0.05, 0) is 30.4 Å². The van der Waals surface area contributed by atoms with Gasteiger partial charge in [-0.2, -0.15) is 0 Å². The van der Waals surface area contributed by atoms with Crippen molar-refractivity contribution in [1.29, 1.82) is 0 Å². The molecule has 0 bridgehead atoms. The van der Waals surface area contributed by atoms with Crippen molar-refractivity contribution in [3.05, 3.63) is 53.6 Å². The molecule has 0 amide bonds. The molecule has 0 unspecified atom stereocenters. The lowest BCUT2D eigenvalue weighted by Gasteiger charge is -2.06.